The number of benzene rings is 2. The van der Waals surface area contributed by atoms with Gasteiger partial charge in [0, 0.05) is 5.69 Å². The summed E-state index contributed by atoms with van der Waals surface area (Å²) >= 11 is 0. The second-order valence-corrected chi connectivity index (χ2v) is 8.74. The molecule has 1 aliphatic carbocycles. The van der Waals surface area contributed by atoms with Crippen LogP contribution in [0.4, 0.5) is 5.69 Å². The van der Waals surface area contributed by atoms with Gasteiger partial charge in [0.15, 0.2) is 0 Å². The van der Waals surface area contributed by atoms with Crippen molar-refractivity contribution in [2.75, 3.05) is 4.90 Å². The molecule has 1 amide bonds. The van der Waals surface area contributed by atoms with Crippen LogP contribution in [-0.4, -0.2) is 5.91 Å². The summed E-state index contributed by atoms with van der Waals surface area (Å²) in [5, 5.41) is 0. The molecule has 0 saturated heterocycles. The number of rotatable bonds is 2. The highest BCUT2D eigenvalue weighted by Gasteiger charge is 2.50. The Morgan fingerprint density at radius 2 is 1.73 bits per heavy atom. The third kappa shape index (κ3) is 2.68. The quantitative estimate of drug-likeness (QED) is 0.660. The third-order valence-electron chi connectivity index (χ3n) is 6.06. The topological polar surface area (TPSA) is 20.3 Å². The predicted octanol–water partition coefficient (Wildman–Crippen LogP) is 5.48. The van der Waals surface area contributed by atoms with Gasteiger partial charge in [0.05, 0.1) is 12.0 Å². The standard InChI is InChI=1S/C24H27NO/c1-23(2,3)19-13-15-24(16-14-19)20-11-7-8-12-21(20)25(22(24)26)17-18-9-5-4-6-10-18/h4-13,15,19H,14,16-17H2,1-3H3/t19-,24-/m1/s1. The number of nitrogens with zero attached hydrogens (tertiary/aromatic N) is 1. The summed E-state index contributed by atoms with van der Waals surface area (Å²) < 4.78 is 0. The van der Waals surface area contributed by atoms with Gasteiger partial charge in [0.25, 0.3) is 0 Å². The van der Waals surface area contributed by atoms with E-state index in [4.69, 9.17) is 0 Å². The maximum atomic E-state index is 13.6. The average Bonchev–Trinajstić information content (AvgIpc) is 2.86. The molecule has 1 spiro atoms. The van der Waals surface area contributed by atoms with Gasteiger partial charge in [0.2, 0.25) is 5.91 Å². The van der Waals surface area contributed by atoms with Crippen molar-refractivity contribution in [3.05, 3.63) is 77.9 Å². The first kappa shape index (κ1) is 17.1. The minimum atomic E-state index is -0.479. The molecule has 0 saturated carbocycles. The van der Waals surface area contributed by atoms with Crippen LogP contribution in [0.2, 0.25) is 0 Å². The molecule has 2 nitrogen and oxygen atoms in total. The minimum absolute atomic E-state index is 0.228. The van der Waals surface area contributed by atoms with E-state index in [-0.39, 0.29) is 11.3 Å². The van der Waals surface area contributed by atoms with Crippen molar-refractivity contribution in [3.8, 4) is 0 Å². The molecule has 26 heavy (non-hydrogen) atoms. The van der Waals surface area contributed by atoms with E-state index in [0.29, 0.717) is 12.5 Å². The lowest BCUT2D eigenvalue weighted by molar-refractivity contribution is -0.122. The molecular weight excluding hydrogens is 318 g/mol. The Morgan fingerprint density at radius 3 is 2.38 bits per heavy atom. The molecule has 2 aromatic carbocycles. The normalized spacial score (nSPS) is 25.0. The molecule has 2 heteroatoms. The number of hydrogen-bond donors (Lipinski definition) is 0. The fourth-order valence-corrected chi connectivity index (χ4v) is 4.44. The Kier molecular flexibility index (Phi) is 4.02. The molecule has 4 rings (SSSR count). The fourth-order valence-electron chi connectivity index (χ4n) is 4.44. The third-order valence-corrected chi connectivity index (χ3v) is 6.06. The number of amides is 1. The van der Waals surface area contributed by atoms with Gasteiger partial charge in [-0.1, -0.05) is 81.5 Å². The van der Waals surface area contributed by atoms with Crippen LogP contribution in [-0.2, 0) is 16.8 Å². The largest absolute Gasteiger partial charge is 0.307 e. The Morgan fingerprint density at radius 1 is 1.04 bits per heavy atom. The molecule has 0 radical (unpaired) electrons. The first-order chi connectivity index (χ1) is 12.4. The van der Waals surface area contributed by atoms with Crippen LogP contribution in [0.3, 0.4) is 0 Å². The summed E-state index contributed by atoms with van der Waals surface area (Å²) in [6, 6.07) is 18.6. The average molecular weight is 345 g/mol. The Labute approximate surface area is 156 Å². The molecular formula is C24H27NO. The number of hydrogen-bond acceptors (Lipinski definition) is 1. The summed E-state index contributed by atoms with van der Waals surface area (Å²) in [5.41, 5.74) is 3.17. The number of allylic oxidation sites excluding steroid dienone is 1. The predicted molar refractivity (Wildman–Crippen MR) is 107 cm³/mol. The van der Waals surface area contributed by atoms with E-state index in [2.05, 4.69) is 63.3 Å². The number of para-hydroxylation sites is 1. The Hall–Kier alpha value is -2.35. The van der Waals surface area contributed by atoms with E-state index in [0.717, 1.165) is 18.5 Å². The minimum Gasteiger partial charge on any atom is -0.307 e. The summed E-state index contributed by atoms with van der Waals surface area (Å²) in [6.45, 7) is 7.49. The van der Waals surface area contributed by atoms with Gasteiger partial charge in [-0.3, -0.25) is 4.79 Å². The summed E-state index contributed by atoms with van der Waals surface area (Å²) in [6.07, 6.45) is 6.45. The van der Waals surface area contributed by atoms with Crippen LogP contribution in [0.15, 0.2) is 66.7 Å². The molecule has 0 N–H and O–H groups in total. The van der Waals surface area contributed by atoms with E-state index < -0.39 is 5.41 Å². The first-order valence-corrected chi connectivity index (χ1v) is 9.56. The highest BCUT2D eigenvalue weighted by molar-refractivity contribution is 6.09. The van der Waals surface area contributed by atoms with Crippen molar-refractivity contribution in [1.29, 1.82) is 0 Å². The summed E-state index contributed by atoms with van der Waals surface area (Å²) in [5.74, 6) is 0.752. The molecule has 0 bridgehead atoms. The van der Waals surface area contributed by atoms with Gasteiger partial charge in [0.1, 0.15) is 0 Å². The van der Waals surface area contributed by atoms with E-state index in [1.54, 1.807) is 0 Å². The Balaban J connectivity index is 1.73. The smallest absolute Gasteiger partial charge is 0.241 e. The number of carbonyl (C=O) groups excluding carboxylic acids is 1. The lowest BCUT2D eigenvalue weighted by Crippen LogP contribution is -2.41. The maximum absolute atomic E-state index is 13.6. The zero-order chi connectivity index (χ0) is 18.4. The van der Waals surface area contributed by atoms with Crippen molar-refractivity contribution in [2.24, 2.45) is 11.3 Å². The lowest BCUT2D eigenvalue weighted by Gasteiger charge is -2.37. The molecule has 1 aliphatic heterocycles. The van der Waals surface area contributed by atoms with Crippen LogP contribution in [0.5, 0.6) is 0 Å². The van der Waals surface area contributed by atoms with E-state index in [9.17, 15) is 4.79 Å². The van der Waals surface area contributed by atoms with Crippen LogP contribution < -0.4 is 4.90 Å². The van der Waals surface area contributed by atoms with Crippen LogP contribution in [0, 0.1) is 11.3 Å². The van der Waals surface area contributed by atoms with Crippen molar-refractivity contribution < 1.29 is 4.79 Å². The van der Waals surface area contributed by atoms with Crippen molar-refractivity contribution >= 4 is 11.6 Å². The fraction of sp³-hybridized carbons (Fsp3) is 0.375. The van der Waals surface area contributed by atoms with Crippen LogP contribution >= 0.6 is 0 Å². The van der Waals surface area contributed by atoms with Gasteiger partial charge in [-0.15, -0.1) is 0 Å². The van der Waals surface area contributed by atoms with Gasteiger partial charge < -0.3 is 4.90 Å². The molecule has 2 atom stereocenters. The van der Waals surface area contributed by atoms with Gasteiger partial charge in [-0.05, 0) is 41.4 Å². The number of carbonyl (C=O) groups is 1. The zero-order valence-electron chi connectivity index (χ0n) is 15.9. The second-order valence-electron chi connectivity index (χ2n) is 8.74. The second kappa shape index (κ2) is 6.12. The molecule has 0 fully saturated rings. The molecule has 0 aromatic heterocycles. The number of fused-ring (bicyclic) bond motifs is 2. The van der Waals surface area contributed by atoms with E-state index in [1.807, 2.05) is 29.2 Å². The van der Waals surface area contributed by atoms with Gasteiger partial charge >= 0.3 is 0 Å². The first-order valence-electron chi connectivity index (χ1n) is 9.56. The van der Waals surface area contributed by atoms with Crippen molar-refractivity contribution in [1.82, 2.24) is 0 Å². The van der Waals surface area contributed by atoms with Crippen LogP contribution in [0.25, 0.3) is 0 Å². The van der Waals surface area contributed by atoms with E-state index >= 15 is 0 Å². The summed E-state index contributed by atoms with van der Waals surface area (Å²) in [7, 11) is 0. The lowest BCUT2D eigenvalue weighted by atomic mass is 9.66. The van der Waals surface area contributed by atoms with Crippen molar-refractivity contribution in [3.63, 3.8) is 0 Å². The monoisotopic (exact) mass is 345 g/mol. The highest BCUT2D eigenvalue weighted by Crippen LogP contribution is 2.50. The molecule has 2 aliphatic rings. The SMILES string of the molecule is CC(C)(C)[C@@H]1C=C[C@]2(CC1)C(=O)N(Cc1ccccc1)c1ccccc12. The zero-order valence-corrected chi connectivity index (χ0v) is 15.9. The molecule has 2 aromatic rings. The van der Waals surface area contributed by atoms with Crippen molar-refractivity contribution in [2.45, 2.75) is 45.6 Å². The maximum Gasteiger partial charge on any atom is 0.241 e. The Bertz CT molecular complexity index is 846. The molecule has 1 heterocycles. The highest BCUT2D eigenvalue weighted by atomic mass is 16.2. The molecule has 134 valence electrons. The number of anilines is 1. The van der Waals surface area contributed by atoms with E-state index in [1.165, 1.54) is 11.1 Å². The molecule has 0 unspecified atom stereocenters. The van der Waals surface area contributed by atoms with Gasteiger partial charge in [-0.25, -0.2) is 0 Å². The summed E-state index contributed by atoms with van der Waals surface area (Å²) in [4.78, 5) is 15.6. The van der Waals surface area contributed by atoms with Crippen LogP contribution in [0.1, 0.15) is 44.7 Å². The van der Waals surface area contributed by atoms with Gasteiger partial charge in [-0.2, -0.15) is 0 Å².